The van der Waals surface area contributed by atoms with Crippen LogP contribution in [0.25, 0.3) is 0 Å². The lowest BCUT2D eigenvalue weighted by Gasteiger charge is -2.19. The molecular formula is C24H36N3O5P. The van der Waals surface area contributed by atoms with Crippen molar-refractivity contribution in [1.82, 2.24) is 4.98 Å². The first-order valence-corrected chi connectivity index (χ1v) is 12.0. The molecule has 2 aromatic rings. The van der Waals surface area contributed by atoms with E-state index < -0.39 is 6.04 Å². The molecule has 8 nitrogen and oxygen atoms in total. The van der Waals surface area contributed by atoms with Crippen LogP contribution in [0.2, 0.25) is 0 Å². The van der Waals surface area contributed by atoms with Gasteiger partial charge in [0.05, 0.1) is 18.4 Å². The molecule has 1 unspecified atom stereocenters. The molecule has 5 N–H and O–H groups in total. The Bertz CT molecular complexity index is 921. The fourth-order valence-electron chi connectivity index (χ4n) is 3.40. The summed E-state index contributed by atoms with van der Waals surface area (Å²) >= 11 is 0. The van der Waals surface area contributed by atoms with Crippen molar-refractivity contribution in [3.05, 3.63) is 52.3 Å². The number of fused-ring (bicyclic) bond motifs is 1. The minimum atomic E-state index is -0.507. The van der Waals surface area contributed by atoms with Gasteiger partial charge in [-0.25, -0.2) is 0 Å². The number of esters is 1. The van der Waals surface area contributed by atoms with Gasteiger partial charge in [0.25, 0.3) is 0 Å². The molecule has 182 valence electrons. The molecule has 0 aliphatic heterocycles. The molecule has 0 amide bonds. The number of hydrogen-bond acceptors (Lipinski definition) is 8. The van der Waals surface area contributed by atoms with Crippen LogP contribution in [0.4, 0.5) is 0 Å². The normalized spacial score (nSPS) is 13.9. The van der Waals surface area contributed by atoms with Crippen LogP contribution in [0.1, 0.15) is 61.6 Å². The Hall–Kier alpha value is -2.25. The molecular weight excluding hydrogens is 441 g/mol. The quantitative estimate of drug-likeness (QED) is 0.297. The fourth-order valence-corrected chi connectivity index (χ4v) is 3.95. The van der Waals surface area contributed by atoms with E-state index in [9.17, 15) is 9.90 Å². The Morgan fingerprint density at radius 1 is 1.24 bits per heavy atom. The molecule has 0 bridgehead atoms. The number of hydrogen-bond donors (Lipinski definition) is 3. The first kappa shape index (κ1) is 27.0. The highest BCUT2D eigenvalue weighted by Gasteiger charge is 2.14. The predicted molar refractivity (Wildman–Crippen MR) is 130 cm³/mol. The Morgan fingerprint density at radius 2 is 1.97 bits per heavy atom. The number of ether oxygens (including phenoxy) is 1. The van der Waals surface area contributed by atoms with E-state index in [-0.39, 0.29) is 33.4 Å². The molecule has 0 radical (unpaired) electrons. The third kappa shape index (κ3) is 8.23. The Labute approximate surface area is 198 Å². The van der Waals surface area contributed by atoms with Crippen LogP contribution in [0.3, 0.4) is 0 Å². The number of carbonyl (C=O) groups is 1. The van der Waals surface area contributed by atoms with Crippen molar-refractivity contribution in [2.45, 2.75) is 78.7 Å². The van der Waals surface area contributed by atoms with Crippen LogP contribution in [-0.4, -0.2) is 28.2 Å². The Balaban J connectivity index is 0.000000365. The zero-order valence-electron chi connectivity index (χ0n) is 19.9. The number of nitrogens with zero attached hydrogens (tertiary/aromatic N) is 1. The Morgan fingerprint density at radius 3 is 2.61 bits per heavy atom. The molecule has 1 aliphatic carbocycles. The van der Waals surface area contributed by atoms with Gasteiger partial charge < -0.3 is 30.4 Å². The van der Waals surface area contributed by atoms with Crippen LogP contribution in [0, 0.1) is 6.92 Å². The van der Waals surface area contributed by atoms with Gasteiger partial charge in [-0.1, -0.05) is 12.1 Å². The zero-order chi connectivity index (χ0) is 24.4. The predicted octanol–water partition coefficient (Wildman–Crippen LogP) is 3.82. The summed E-state index contributed by atoms with van der Waals surface area (Å²) in [5, 5.41) is 10.0. The van der Waals surface area contributed by atoms with Crippen LogP contribution < -0.4 is 16.0 Å². The molecule has 0 saturated heterocycles. The van der Waals surface area contributed by atoms with Gasteiger partial charge in [-0.15, -0.1) is 0 Å². The highest BCUT2D eigenvalue weighted by Crippen LogP contribution is 2.33. The van der Waals surface area contributed by atoms with E-state index in [0.717, 1.165) is 24.2 Å². The van der Waals surface area contributed by atoms with Crippen LogP contribution in [0.5, 0.6) is 11.5 Å². The van der Waals surface area contributed by atoms with Crippen molar-refractivity contribution in [2.75, 3.05) is 0 Å². The van der Waals surface area contributed by atoms with Gasteiger partial charge in [0.15, 0.2) is 0 Å². The largest absolute Gasteiger partial charge is 0.506 e. The lowest BCUT2D eigenvalue weighted by atomic mass is 9.91. The van der Waals surface area contributed by atoms with Gasteiger partial charge in [-0.2, -0.15) is 0 Å². The third-order valence-electron chi connectivity index (χ3n) is 5.15. The van der Waals surface area contributed by atoms with Crippen molar-refractivity contribution >= 4 is 15.0 Å². The maximum Gasteiger partial charge on any atom is 0.322 e. The lowest BCUT2D eigenvalue weighted by molar-refractivity contribution is -0.148. The minimum absolute atomic E-state index is 0.0662. The van der Waals surface area contributed by atoms with Crippen molar-refractivity contribution in [2.24, 2.45) is 11.5 Å². The molecule has 2 atom stereocenters. The summed E-state index contributed by atoms with van der Waals surface area (Å²) in [7, 11) is -0.102. The molecule has 0 fully saturated rings. The van der Waals surface area contributed by atoms with Gasteiger partial charge >= 0.3 is 5.97 Å². The second kappa shape index (κ2) is 13.5. The zero-order valence-corrected chi connectivity index (χ0v) is 20.9. The molecule has 9 heteroatoms. The van der Waals surface area contributed by atoms with Gasteiger partial charge in [-0.3, -0.25) is 9.78 Å². The molecule has 3 rings (SSSR count). The third-order valence-corrected chi connectivity index (χ3v) is 5.71. The van der Waals surface area contributed by atoms with Crippen LogP contribution in [0.15, 0.2) is 24.4 Å². The molecule has 1 heterocycles. The molecule has 1 aromatic heterocycles. The summed E-state index contributed by atoms with van der Waals surface area (Å²) in [5.41, 5.74) is 15.7. The summed E-state index contributed by atoms with van der Waals surface area (Å²) in [6, 6.07) is 5.72. The monoisotopic (exact) mass is 477 g/mol. The summed E-state index contributed by atoms with van der Waals surface area (Å²) in [6.45, 7) is 7.51. The highest BCUT2D eigenvalue weighted by atomic mass is 31.1. The van der Waals surface area contributed by atoms with E-state index in [1.165, 1.54) is 24.0 Å². The van der Waals surface area contributed by atoms with Crippen molar-refractivity contribution in [3.63, 3.8) is 0 Å². The minimum Gasteiger partial charge on any atom is -0.506 e. The highest BCUT2D eigenvalue weighted by molar-refractivity contribution is 7.26. The van der Waals surface area contributed by atoms with Gasteiger partial charge in [-0.05, 0) is 70.6 Å². The number of nitrogens with two attached hydrogens (primary N) is 2. The van der Waals surface area contributed by atoms with E-state index in [1.807, 2.05) is 12.1 Å². The van der Waals surface area contributed by atoms with Crippen LogP contribution >= 0.6 is 9.03 Å². The van der Waals surface area contributed by atoms with E-state index in [0.29, 0.717) is 17.9 Å². The molecule has 1 aliphatic rings. The lowest BCUT2D eigenvalue weighted by Crippen LogP contribution is -2.30. The molecule has 0 saturated carbocycles. The second-order valence-corrected chi connectivity index (χ2v) is 8.91. The topological polar surface area (TPSA) is 130 Å². The maximum atomic E-state index is 10.6. The smallest absolute Gasteiger partial charge is 0.322 e. The number of rotatable bonds is 8. The van der Waals surface area contributed by atoms with E-state index in [2.05, 4.69) is 11.1 Å². The molecule has 0 spiro atoms. The number of pyridine rings is 1. The van der Waals surface area contributed by atoms with Crippen molar-refractivity contribution < 1.29 is 23.7 Å². The standard InChI is InChI=1S/C18H23N2O3P.C6H13NO2/c1-12-18(21)16(9-19)14(10-20-12)11-22-24-23-17-8-4-6-13-5-2-3-7-15(13)17;1-4(2)9-6(8)5(3)7/h4,6,8,10,21,24H,2-3,5,7,9,11,19H2,1H3;4-5H,7H2,1-3H3/t;5-/m.0/s1. The molecule has 33 heavy (non-hydrogen) atoms. The average Bonchev–Trinajstić information content (AvgIpc) is 2.79. The van der Waals surface area contributed by atoms with E-state index in [1.54, 1.807) is 33.9 Å². The second-order valence-electron chi connectivity index (χ2n) is 8.25. The number of aromatic hydroxyl groups is 1. The summed E-state index contributed by atoms with van der Waals surface area (Å²) in [6.07, 6.45) is 6.30. The first-order valence-electron chi connectivity index (χ1n) is 11.2. The SMILES string of the molecule is CC(C)OC(=O)[C@H](C)N.Cc1ncc(COPOc2cccc3c2CCCC3)c(CN)c1O. The van der Waals surface area contributed by atoms with Crippen molar-refractivity contribution in [3.8, 4) is 11.5 Å². The summed E-state index contributed by atoms with van der Waals surface area (Å²) < 4.78 is 16.2. The fraction of sp³-hybridized carbons (Fsp3) is 0.500. The number of aryl methyl sites for hydroxylation is 2. The van der Waals surface area contributed by atoms with Gasteiger partial charge in [0, 0.05) is 23.9 Å². The number of aromatic nitrogens is 1. The van der Waals surface area contributed by atoms with E-state index in [4.69, 9.17) is 25.3 Å². The number of carbonyl (C=O) groups excluding carboxylic acids is 1. The van der Waals surface area contributed by atoms with Crippen molar-refractivity contribution in [1.29, 1.82) is 0 Å². The van der Waals surface area contributed by atoms with Gasteiger partial charge in [0.2, 0.25) is 9.03 Å². The van der Waals surface area contributed by atoms with Gasteiger partial charge in [0.1, 0.15) is 17.5 Å². The molecule has 1 aromatic carbocycles. The van der Waals surface area contributed by atoms with Crippen LogP contribution in [-0.2, 0) is 40.0 Å². The summed E-state index contributed by atoms with van der Waals surface area (Å²) in [4.78, 5) is 14.8. The maximum absolute atomic E-state index is 10.6. The summed E-state index contributed by atoms with van der Waals surface area (Å²) in [5.74, 6) is 0.736. The Kier molecular flexibility index (Phi) is 11.0. The van der Waals surface area contributed by atoms with E-state index >= 15 is 0 Å². The first-order chi connectivity index (χ1) is 15.7. The number of benzene rings is 1. The average molecular weight is 478 g/mol.